The Kier molecular flexibility index (Phi) is 3.45. The van der Waals surface area contributed by atoms with Gasteiger partial charge in [-0.3, -0.25) is 0 Å². The summed E-state index contributed by atoms with van der Waals surface area (Å²) in [5.41, 5.74) is 2.32. The number of aliphatic imine (C=N–C) groups is 1. The predicted molar refractivity (Wildman–Crippen MR) is 84.5 cm³/mol. The summed E-state index contributed by atoms with van der Waals surface area (Å²) >= 11 is 0. The summed E-state index contributed by atoms with van der Waals surface area (Å²) in [6.45, 7) is 6.46. The number of nitrogens with zero attached hydrogens (tertiary/aromatic N) is 1. The first-order valence-corrected chi connectivity index (χ1v) is 7.10. The van der Waals surface area contributed by atoms with Gasteiger partial charge in [-0.1, -0.05) is 32.9 Å². The fourth-order valence-corrected chi connectivity index (χ4v) is 2.15. The first-order valence-electron chi connectivity index (χ1n) is 7.10. The highest BCUT2D eigenvalue weighted by Crippen LogP contribution is 2.24. The van der Waals surface area contributed by atoms with Crippen LogP contribution >= 0.6 is 0 Å². The molecule has 1 aromatic heterocycles. The zero-order chi connectivity index (χ0) is 15.7. The van der Waals surface area contributed by atoms with Crippen LogP contribution < -0.4 is 0 Å². The number of carbonyl (C=O) groups excluding carboxylic acids is 1. The summed E-state index contributed by atoms with van der Waals surface area (Å²) in [4.78, 5) is 16.1. The molecule has 0 unspecified atom stereocenters. The van der Waals surface area contributed by atoms with Gasteiger partial charge >= 0.3 is 5.97 Å². The van der Waals surface area contributed by atoms with Gasteiger partial charge in [0.2, 0.25) is 5.90 Å². The van der Waals surface area contributed by atoms with E-state index in [2.05, 4.69) is 25.8 Å². The molecular weight excluding hydrogens is 278 g/mol. The Labute approximate surface area is 129 Å². The maximum atomic E-state index is 11.9. The Hall–Kier alpha value is -2.62. The van der Waals surface area contributed by atoms with Gasteiger partial charge < -0.3 is 9.15 Å². The van der Waals surface area contributed by atoms with Gasteiger partial charge in [0.1, 0.15) is 5.76 Å². The van der Waals surface area contributed by atoms with Crippen molar-refractivity contribution in [3.63, 3.8) is 0 Å². The standard InChI is InChI=1S/C18H17NO3/c1-18(2,3)13-8-6-12(7-9-13)16-19-15(17(20)22-16)11-14-5-4-10-21-14/h4-11H,1-3H3. The number of carbonyl (C=O) groups is 1. The van der Waals surface area contributed by atoms with E-state index >= 15 is 0 Å². The molecule has 2 heterocycles. The zero-order valence-electron chi connectivity index (χ0n) is 12.8. The van der Waals surface area contributed by atoms with Crippen LogP contribution in [0.1, 0.15) is 37.7 Å². The Morgan fingerprint density at radius 2 is 1.82 bits per heavy atom. The Bertz CT molecular complexity index is 745. The molecule has 0 aliphatic carbocycles. The molecule has 0 saturated heterocycles. The minimum Gasteiger partial charge on any atom is -0.465 e. The smallest absolute Gasteiger partial charge is 0.363 e. The van der Waals surface area contributed by atoms with Gasteiger partial charge in [0.25, 0.3) is 0 Å². The quantitative estimate of drug-likeness (QED) is 0.623. The summed E-state index contributed by atoms with van der Waals surface area (Å²) in [5.74, 6) is 0.426. The molecule has 0 saturated carbocycles. The fourth-order valence-electron chi connectivity index (χ4n) is 2.15. The maximum Gasteiger partial charge on any atom is 0.363 e. The molecule has 1 aliphatic rings. The average molecular weight is 295 g/mol. The van der Waals surface area contributed by atoms with Crippen LogP contribution in [-0.4, -0.2) is 11.9 Å². The van der Waals surface area contributed by atoms with Gasteiger partial charge in [-0.05, 0) is 35.2 Å². The van der Waals surface area contributed by atoms with Gasteiger partial charge in [0.05, 0.1) is 6.26 Å². The molecule has 4 nitrogen and oxygen atoms in total. The van der Waals surface area contributed by atoms with E-state index in [1.807, 2.05) is 24.3 Å². The molecule has 3 rings (SSSR count). The second-order valence-electron chi connectivity index (χ2n) is 6.18. The summed E-state index contributed by atoms with van der Waals surface area (Å²) in [5, 5.41) is 0. The molecule has 4 heteroatoms. The second-order valence-corrected chi connectivity index (χ2v) is 6.18. The number of hydrogen-bond acceptors (Lipinski definition) is 4. The minimum absolute atomic E-state index is 0.0804. The highest BCUT2D eigenvalue weighted by molar-refractivity contribution is 6.12. The second kappa shape index (κ2) is 5.30. The predicted octanol–water partition coefficient (Wildman–Crippen LogP) is 3.92. The van der Waals surface area contributed by atoms with E-state index in [0.717, 1.165) is 5.56 Å². The van der Waals surface area contributed by atoms with Gasteiger partial charge in [-0.15, -0.1) is 0 Å². The van der Waals surface area contributed by atoms with Crippen molar-refractivity contribution in [3.05, 3.63) is 65.2 Å². The van der Waals surface area contributed by atoms with Gasteiger partial charge in [-0.2, -0.15) is 0 Å². The van der Waals surface area contributed by atoms with Crippen molar-refractivity contribution in [2.75, 3.05) is 0 Å². The van der Waals surface area contributed by atoms with Crippen LogP contribution in [0.25, 0.3) is 6.08 Å². The third-order valence-electron chi connectivity index (χ3n) is 3.44. The van der Waals surface area contributed by atoms with Gasteiger partial charge in [0.15, 0.2) is 5.70 Å². The highest BCUT2D eigenvalue weighted by atomic mass is 16.6. The van der Waals surface area contributed by atoms with Crippen molar-refractivity contribution < 1.29 is 13.9 Å². The van der Waals surface area contributed by atoms with Crippen LogP contribution in [0.5, 0.6) is 0 Å². The SMILES string of the molecule is CC(C)(C)c1ccc(C2=NC(=Cc3ccco3)C(=O)O2)cc1. The fraction of sp³-hybridized carbons (Fsp3) is 0.222. The number of benzene rings is 1. The number of esters is 1. The third kappa shape index (κ3) is 2.86. The Balaban J connectivity index is 1.88. The normalized spacial score (nSPS) is 16.8. The molecule has 1 aromatic carbocycles. The van der Waals surface area contributed by atoms with Crippen LogP contribution in [0, 0.1) is 0 Å². The van der Waals surface area contributed by atoms with E-state index in [0.29, 0.717) is 11.7 Å². The lowest BCUT2D eigenvalue weighted by Crippen LogP contribution is -2.11. The van der Waals surface area contributed by atoms with Gasteiger partial charge in [0, 0.05) is 11.6 Å². The van der Waals surface area contributed by atoms with Crippen molar-refractivity contribution in [2.45, 2.75) is 26.2 Å². The van der Waals surface area contributed by atoms with Crippen LogP contribution in [-0.2, 0) is 14.9 Å². The largest absolute Gasteiger partial charge is 0.465 e. The average Bonchev–Trinajstić information content (AvgIpc) is 3.09. The van der Waals surface area contributed by atoms with Crippen LogP contribution in [0.2, 0.25) is 0 Å². The van der Waals surface area contributed by atoms with Crippen LogP contribution in [0.15, 0.2) is 57.8 Å². The van der Waals surface area contributed by atoms with E-state index in [1.165, 1.54) is 5.56 Å². The topological polar surface area (TPSA) is 51.8 Å². The molecule has 112 valence electrons. The zero-order valence-corrected chi connectivity index (χ0v) is 12.8. The lowest BCUT2D eigenvalue weighted by Gasteiger charge is -2.18. The Morgan fingerprint density at radius 1 is 1.09 bits per heavy atom. The summed E-state index contributed by atoms with van der Waals surface area (Å²) in [6, 6.07) is 11.4. The van der Waals surface area contributed by atoms with Crippen molar-refractivity contribution in [3.8, 4) is 0 Å². The van der Waals surface area contributed by atoms with E-state index in [4.69, 9.17) is 9.15 Å². The number of ether oxygens (including phenoxy) is 1. The molecule has 0 amide bonds. The molecule has 0 atom stereocenters. The molecule has 0 spiro atoms. The molecule has 1 aliphatic heterocycles. The first kappa shape index (κ1) is 14.3. The van der Waals surface area contributed by atoms with Crippen molar-refractivity contribution >= 4 is 17.9 Å². The number of furan rings is 1. The summed E-state index contributed by atoms with van der Waals surface area (Å²) < 4.78 is 10.4. The van der Waals surface area contributed by atoms with E-state index in [9.17, 15) is 4.79 Å². The van der Waals surface area contributed by atoms with Gasteiger partial charge in [-0.25, -0.2) is 9.79 Å². The summed E-state index contributed by atoms with van der Waals surface area (Å²) in [6.07, 6.45) is 3.11. The lowest BCUT2D eigenvalue weighted by molar-refractivity contribution is -0.129. The third-order valence-corrected chi connectivity index (χ3v) is 3.44. The number of hydrogen-bond donors (Lipinski definition) is 0. The minimum atomic E-state index is -0.466. The molecule has 2 aromatic rings. The highest BCUT2D eigenvalue weighted by Gasteiger charge is 2.25. The van der Waals surface area contributed by atoms with Crippen LogP contribution in [0.4, 0.5) is 0 Å². The molecule has 22 heavy (non-hydrogen) atoms. The molecule has 0 bridgehead atoms. The lowest BCUT2D eigenvalue weighted by atomic mass is 9.87. The monoisotopic (exact) mass is 295 g/mol. The summed E-state index contributed by atoms with van der Waals surface area (Å²) in [7, 11) is 0. The van der Waals surface area contributed by atoms with Crippen LogP contribution in [0.3, 0.4) is 0 Å². The Morgan fingerprint density at radius 3 is 2.41 bits per heavy atom. The molecular formula is C18H17NO3. The number of cyclic esters (lactones) is 1. The molecule has 0 fully saturated rings. The molecule has 0 radical (unpaired) electrons. The maximum absolute atomic E-state index is 11.9. The van der Waals surface area contributed by atoms with E-state index in [-0.39, 0.29) is 11.1 Å². The number of rotatable bonds is 2. The first-order chi connectivity index (χ1) is 10.4. The molecule has 0 N–H and O–H groups in total. The van der Waals surface area contributed by atoms with Crippen molar-refractivity contribution in [2.24, 2.45) is 4.99 Å². The van der Waals surface area contributed by atoms with Crippen molar-refractivity contribution in [1.82, 2.24) is 0 Å². The van der Waals surface area contributed by atoms with E-state index < -0.39 is 5.97 Å². The van der Waals surface area contributed by atoms with Crippen molar-refractivity contribution in [1.29, 1.82) is 0 Å². The van der Waals surface area contributed by atoms with E-state index in [1.54, 1.807) is 24.5 Å².